The van der Waals surface area contributed by atoms with Crippen molar-refractivity contribution in [1.82, 2.24) is 15.0 Å². The predicted molar refractivity (Wildman–Crippen MR) is 104 cm³/mol. The molecule has 2 aromatic carbocycles. The van der Waals surface area contributed by atoms with Crippen LogP contribution < -0.4 is 4.74 Å². The molecule has 8 heteroatoms. The molecule has 0 N–H and O–H groups in total. The summed E-state index contributed by atoms with van der Waals surface area (Å²) >= 11 is 0. The first-order valence-electron chi connectivity index (χ1n) is 9.84. The van der Waals surface area contributed by atoms with Gasteiger partial charge in [-0.15, -0.1) is 0 Å². The van der Waals surface area contributed by atoms with Gasteiger partial charge in [0.05, 0.1) is 6.61 Å². The molecule has 0 aliphatic carbocycles. The van der Waals surface area contributed by atoms with Crippen molar-refractivity contribution >= 4 is 5.91 Å². The first-order valence-corrected chi connectivity index (χ1v) is 9.84. The normalized spacial score (nSPS) is 16.3. The van der Waals surface area contributed by atoms with Gasteiger partial charge in [-0.05, 0) is 54.8 Å². The summed E-state index contributed by atoms with van der Waals surface area (Å²) in [6, 6.07) is 10.2. The van der Waals surface area contributed by atoms with Crippen molar-refractivity contribution in [2.24, 2.45) is 0 Å². The van der Waals surface area contributed by atoms with Crippen molar-refractivity contribution < 1.29 is 22.8 Å². The molecule has 0 saturated carbocycles. The minimum absolute atomic E-state index is 0.0688. The maximum Gasteiger partial charge on any atom is 0.249 e. The number of amides is 1. The minimum Gasteiger partial charge on any atom is -0.494 e. The summed E-state index contributed by atoms with van der Waals surface area (Å²) in [4.78, 5) is 18.3. The van der Waals surface area contributed by atoms with Crippen LogP contribution in [-0.2, 0) is 11.3 Å². The van der Waals surface area contributed by atoms with Crippen molar-refractivity contribution in [3.8, 4) is 17.1 Å². The molecule has 1 atom stereocenters. The third-order valence-electron chi connectivity index (χ3n) is 4.92. The molecule has 6 nitrogen and oxygen atoms in total. The largest absolute Gasteiger partial charge is 0.494 e. The molecular weight excluding hydrogens is 392 g/mol. The van der Waals surface area contributed by atoms with Crippen LogP contribution in [0.2, 0.25) is 0 Å². The molecule has 1 aliphatic rings. The second-order valence-corrected chi connectivity index (χ2v) is 7.18. The van der Waals surface area contributed by atoms with E-state index < -0.39 is 17.7 Å². The van der Waals surface area contributed by atoms with Crippen molar-refractivity contribution in [2.45, 2.75) is 38.8 Å². The van der Waals surface area contributed by atoms with Crippen molar-refractivity contribution in [2.75, 3.05) is 6.61 Å². The zero-order valence-electron chi connectivity index (χ0n) is 16.5. The number of rotatable bonds is 7. The lowest BCUT2D eigenvalue weighted by atomic mass is 10.1. The molecule has 1 amide bonds. The van der Waals surface area contributed by atoms with E-state index in [4.69, 9.17) is 9.26 Å². The topological polar surface area (TPSA) is 68.5 Å². The summed E-state index contributed by atoms with van der Waals surface area (Å²) in [5.41, 5.74) is 1.13. The Morgan fingerprint density at radius 2 is 1.90 bits per heavy atom. The van der Waals surface area contributed by atoms with Crippen LogP contribution >= 0.6 is 0 Å². The van der Waals surface area contributed by atoms with Gasteiger partial charge in [0, 0.05) is 24.6 Å². The van der Waals surface area contributed by atoms with E-state index in [1.54, 1.807) is 0 Å². The minimum atomic E-state index is -0.681. The van der Waals surface area contributed by atoms with E-state index in [9.17, 15) is 13.6 Å². The number of aromatic nitrogens is 2. The molecule has 1 unspecified atom stereocenters. The van der Waals surface area contributed by atoms with Crippen molar-refractivity contribution in [3.63, 3.8) is 0 Å². The zero-order chi connectivity index (χ0) is 21.1. The lowest BCUT2D eigenvalue weighted by Gasteiger charge is -2.22. The number of likely N-dealkylation sites (tertiary alicyclic amines) is 1. The molecule has 0 bridgehead atoms. The lowest BCUT2D eigenvalue weighted by Crippen LogP contribution is -2.27. The maximum atomic E-state index is 13.5. The van der Waals surface area contributed by atoms with E-state index in [0.717, 1.165) is 23.8 Å². The first kappa shape index (κ1) is 20.0. The standard InChI is InChI=1S/C22H21F2N3O3/c1-2-9-29-18-5-3-15(4-6-18)21-25-22(30-26-21)19-7-8-20(28)27(19)13-14-10-16(23)12-17(24)11-14/h3-6,10-12,19H,2,7-9,13H2,1H3. The van der Waals surface area contributed by atoms with Gasteiger partial charge in [-0.25, -0.2) is 8.78 Å². The fourth-order valence-corrected chi connectivity index (χ4v) is 3.50. The van der Waals surface area contributed by atoms with Crippen LogP contribution in [0.1, 0.15) is 43.7 Å². The second kappa shape index (κ2) is 8.61. The van der Waals surface area contributed by atoms with Crippen molar-refractivity contribution in [3.05, 3.63) is 65.6 Å². The average molecular weight is 413 g/mol. The number of hydrogen-bond donors (Lipinski definition) is 0. The fourth-order valence-electron chi connectivity index (χ4n) is 3.50. The van der Waals surface area contributed by atoms with Crippen LogP contribution in [-0.4, -0.2) is 27.6 Å². The molecule has 2 heterocycles. The van der Waals surface area contributed by atoms with Gasteiger partial charge in [0.25, 0.3) is 0 Å². The van der Waals surface area contributed by atoms with Crippen LogP contribution in [0.15, 0.2) is 47.0 Å². The number of carbonyl (C=O) groups excluding carboxylic acids is 1. The van der Waals surface area contributed by atoms with Gasteiger partial charge in [-0.2, -0.15) is 4.98 Å². The van der Waals surface area contributed by atoms with E-state index >= 15 is 0 Å². The van der Waals surface area contributed by atoms with E-state index in [1.165, 1.54) is 17.0 Å². The van der Waals surface area contributed by atoms with Crippen LogP contribution in [0, 0.1) is 11.6 Å². The molecule has 0 spiro atoms. The van der Waals surface area contributed by atoms with E-state index in [2.05, 4.69) is 10.1 Å². The SMILES string of the molecule is CCCOc1ccc(-c2noc(C3CCC(=O)N3Cc3cc(F)cc(F)c3)n2)cc1. The molecule has 1 saturated heterocycles. The lowest BCUT2D eigenvalue weighted by molar-refractivity contribution is -0.130. The van der Waals surface area contributed by atoms with Gasteiger partial charge in [0.1, 0.15) is 23.4 Å². The summed E-state index contributed by atoms with van der Waals surface area (Å²) in [5, 5.41) is 4.03. The highest BCUT2D eigenvalue weighted by molar-refractivity contribution is 5.78. The Labute approximate surface area is 172 Å². The third kappa shape index (κ3) is 4.32. The molecule has 1 aromatic heterocycles. The van der Waals surface area contributed by atoms with Crippen LogP contribution in [0.3, 0.4) is 0 Å². The highest BCUT2D eigenvalue weighted by Gasteiger charge is 2.36. The number of benzene rings is 2. The second-order valence-electron chi connectivity index (χ2n) is 7.18. The molecule has 4 rings (SSSR count). The molecular formula is C22H21F2N3O3. The van der Waals surface area contributed by atoms with Crippen LogP contribution in [0.4, 0.5) is 8.78 Å². The smallest absolute Gasteiger partial charge is 0.249 e. The zero-order valence-corrected chi connectivity index (χ0v) is 16.5. The summed E-state index contributed by atoms with van der Waals surface area (Å²) in [7, 11) is 0. The summed E-state index contributed by atoms with van der Waals surface area (Å²) < 4.78 is 38.0. The van der Waals surface area contributed by atoms with Crippen LogP contribution in [0.5, 0.6) is 5.75 Å². The van der Waals surface area contributed by atoms with Gasteiger partial charge in [0.2, 0.25) is 17.6 Å². The highest BCUT2D eigenvalue weighted by atomic mass is 19.1. The Balaban J connectivity index is 1.52. The Morgan fingerprint density at radius 3 is 2.60 bits per heavy atom. The molecule has 1 fully saturated rings. The number of ether oxygens (including phenoxy) is 1. The van der Waals surface area contributed by atoms with E-state index in [1.807, 2.05) is 31.2 Å². The summed E-state index contributed by atoms with van der Waals surface area (Å²) in [6.07, 6.45) is 1.74. The molecule has 3 aromatic rings. The van der Waals surface area contributed by atoms with E-state index in [-0.39, 0.29) is 12.5 Å². The van der Waals surface area contributed by atoms with Crippen LogP contribution in [0.25, 0.3) is 11.4 Å². The van der Waals surface area contributed by atoms with Gasteiger partial charge in [-0.1, -0.05) is 12.1 Å². The fraction of sp³-hybridized carbons (Fsp3) is 0.318. The first-order chi connectivity index (χ1) is 14.5. The molecule has 1 aliphatic heterocycles. The Bertz CT molecular complexity index is 1020. The Kier molecular flexibility index (Phi) is 5.74. The average Bonchev–Trinajstić information content (AvgIpc) is 3.34. The quantitative estimate of drug-likeness (QED) is 0.563. The van der Waals surface area contributed by atoms with Crippen molar-refractivity contribution in [1.29, 1.82) is 0 Å². The van der Waals surface area contributed by atoms with Gasteiger partial charge in [0.15, 0.2) is 0 Å². The summed E-state index contributed by atoms with van der Waals surface area (Å²) in [6.45, 7) is 2.75. The molecule has 156 valence electrons. The Hall–Kier alpha value is -3.29. The van der Waals surface area contributed by atoms with E-state index in [0.29, 0.717) is 36.7 Å². The van der Waals surface area contributed by atoms with Gasteiger partial charge >= 0.3 is 0 Å². The van der Waals surface area contributed by atoms with Gasteiger partial charge < -0.3 is 14.2 Å². The number of hydrogen-bond acceptors (Lipinski definition) is 5. The maximum absolute atomic E-state index is 13.5. The Morgan fingerprint density at radius 1 is 1.17 bits per heavy atom. The summed E-state index contributed by atoms with van der Waals surface area (Å²) in [5.74, 6) is -0.0116. The molecule has 30 heavy (non-hydrogen) atoms. The number of halogens is 2. The third-order valence-corrected chi connectivity index (χ3v) is 4.92. The monoisotopic (exact) mass is 413 g/mol. The number of carbonyl (C=O) groups is 1. The van der Waals surface area contributed by atoms with Gasteiger partial charge in [-0.3, -0.25) is 4.79 Å². The highest BCUT2D eigenvalue weighted by Crippen LogP contribution is 2.34. The number of nitrogens with zero attached hydrogens (tertiary/aromatic N) is 3. The predicted octanol–water partition coefficient (Wildman–Crippen LogP) is 4.67. The molecule has 0 radical (unpaired) electrons.